The molecule has 1 fully saturated rings. The molecule has 2 aliphatic heterocycles. The van der Waals surface area contributed by atoms with E-state index < -0.39 is 40.7 Å². The number of benzene rings is 1. The summed E-state index contributed by atoms with van der Waals surface area (Å²) in [5, 5.41) is 14.3. The van der Waals surface area contributed by atoms with Gasteiger partial charge in [-0.25, -0.2) is 4.79 Å². The number of rotatable bonds is 7. The minimum atomic E-state index is -1.11. The fraction of sp³-hybridized carbons (Fsp3) is 0.545. The summed E-state index contributed by atoms with van der Waals surface area (Å²) >= 11 is 1.54. The SMILES string of the molecule is CC(C)C[C@@H](NC(=O)[C@H](C)NC(=O)[C@H]1N2C(=O)c3ccccc3[C@@H]2SC1(C)C)C(=O)O. The van der Waals surface area contributed by atoms with Gasteiger partial charge in [-0.1, -0.05) is 32.0 Å². The molecule has 0 aromatic heterocycles. The quantitative estimate of drug-likeness (QED) is 0.590. The number of carbonyl (C=O) groups is 4. The maximum absolute atomic E-state index is 13.2. The zero-order valence-corrected chi connectivity index (χ0v) is 19.2. The average molecular weight is 448 g/mol. The van der Waals surface area contributed by atoms with E-state index in [4.69, 9.17) is 0 Å². The Balaban J connectivity index is 1.73. The van der Waals surface area contributed by atoms with Gasteiger partial charge in [-0.2, -0.15) is 0 Å². The van der Waals surface area contributed by atoms with Crippen molar-refractivity contribution >= 4 is 35.5 Å². The topological polar surface area (TPSA) is 116 Å². The maximum atomic E-state index is 13.2. The largest absolute Gasteiger partial charge is 0.480 e. The fourth-order valence-corrected chi connectivity index (χ4v) is 5.74. The number of nitrogens with one attached hydrogen (secondary N) is 2. The highest BCUT2D eigenvalue weighted by Gasteiger charge is 2.57. The number of amides is 3. The summed E-state index contributed by atoms with van der Waals surface area (Å²) in [5.74, 6) is -2.23. The van der Waals surface area contributed by atoms with E-state index in [9.17, 15) is 24.3 Å². The lowest BCUT2D eigenvalue weighted by atomic mass is 10.00. The Hall–Kier alpha value is -2.55. The molecule has 2 aliphatic rings. The van der Waals surface area contributed by atoms with Crippen molar-refractivity contribution in [2.75, 3.05) is 0 Å². The zero-order valence-electron chi connectivity index (χ0n) is 18.3. The molecule has 4 atom stereocenters. The van der Waals surface area contributed by atoms with E-state index in [1.54, 1.807) is 28.8 Å². The molecule has 0 bridgehead atoms. The Morgan fingerprint density at radius 2 is 1.81 bits per heavy atom. The van der Waals surface area contributed by atoms with E-state index in [-0.39, 0.29) is 23.6 Å². The molecule has 3 N–H and O–H groups in total. The van der Waals surface area contributed by atoms with Gasteiger partial charge < -0.3 is 20.6 Å². The highest BCUT2D eigenvalue weighted by molar-refractivity contribution is 8.01. The second-order valence-corrected chi connectivity index (χ2v) is 10.8. The van der Waals surface area contributed by atoms with Crippen LogP contribution in [0.15, 0.2) is 24.3 Å². The van der Waals surface area contributed by atoms with Gasteiger partial charge in [0.2, 0.25) is 11.8 Å². The number of nitrogens with zero attached hydrogens (tertiary/aromatic N) is 1. The van der Waals surface area contributed by atoms with Crippen LogP contribution in [0.2, 0.25) is 0 Å². The van der Waals surface area contributed by atoms with Gasteiger partial charge in [-0.15, -0.1) is 11.8 Å². The molecule has 9 heteroatoms. The lowest BCUT2D eigenvalue weighted by Gasteiger charge is -2.30. The predicted octanol–water partition coefficient (Wildman–Crippen LogP) is 2.16. The van der Waals surface area contributed by atoms with Crippen LogP contribution in [0.4, 0.5) is 0 Å². The van der Waals surface area contributed by atoms with E-state index in [1.165, 1.54) is 6.92 Å². The molecule has 8 nitrogen and oxygen atoms in total. The van der Waals surface area contributed by atoms with Gasteiger partial charge >= 0.3 is 5.97 Å². The second kappa shape index (κ2) is 8.53. The number of carboxylic acids is 1. The van der Waals surface area contributed by atoms with Gasteiger partial charge in [0.1, 0.15) is 23.5 Å². The third-order valence-electron chi connectivity index (χ3n) is 5.62. The van der Waals surface area contributed by atoms with Crippen LogP contribution < -0.4 is 10.6 Å². The lowest BCUT2D eigenvalue weighted by molar-refractivity contribution is -0.142. The summed E-state index contributed by atoms with van der Waals surface area (Å²) in [6.45, 7) is 9.06. The third kappa shape index (κ3) is 4.42. The van der Waals surface area contributed by atoms with E-state index in [0.717, 1.165) is 5.56 Å². The summed E-state index contributed by atoms with van der Waals surface area (Å²) in [4.78, 5) is 51.8. The van der Waals surface area contributed by atoms with E-state index in [0.29, 0.717) is 5.56 Å². The average Bonchev–Trinajstić information content (AvgIpc) is 3.10. The van der Waals surface area contributed by atoms with E-state index >= 15 is 0 Å². The first-order valence-electron chi connectivity index (χ1n) is 10.4. The molecule has 3 amide bonds. The van der Waals surface area contributed by atoms with Crippen LogP contribution in [0.25, 0.3) is 0 Å². The standard InChI is InChI=1S/C22H29N3O5S/c1-11(2)10-15(21(29)30)24-17(26)12(3)23-18(27)16-22(4,5)31-20-14-9-7-6-8-13(14)19(28)25(16)20/h6-9,11-12,15-16,20H,10H2,1-5H3,(H,23,27)(H,24,26)(H,29,30)/t12-,15+,16+,20-/m0/s1. The van der Waals surface area contributed by atoms with Gasteiger partial charge in [0, 0.05) is 10.3 Å². The molecule has 2 heterocycles. The van der Waals surface area contributed by atoms with Crippen LogP contribution in [-0.2, 0) is 14.4 Å². The molecular weight excluding hydrogens is 418 g/mol. The van der Waals surface area contributed by atoms with Crippen LogP contribution in [0.1, 0.15) is 62.3 Å². The first-order valence-corrected chi connectivity index (χ1v) is 11.2. The Bertz CT molecular complexity index is 916. The lowest BCUT2D eigenvalue weighted by Crippen LogP contribution is -2.57. The highest BCUT2D eigenvalue weighted by atomic mass is 32.2. The Morgan fingerprint density at radius 1 is 1.16 bits per heavy atom. The zero-order chi connectivity index (χ0) is 23.1. The number of hydrogen-bond donors (Lipinski definition) is 3. The molecule has 31 heavy (non-hydrogen) atoms. The summed E-state index contributed by atoms with van der Waals surface area (Å²) in [7, 11) is 0. The maximum Gasteiger partial charge on any atom is 0.326 e. The van der Waals surface area contributed by atoms with Crippen LogP contribution in [0.3, 0.4) is 0 Å². The minimum Gasteiger partial charge on any atom is -0.480 e. The molecule has 0 unspecified atom stereocenters. The van der Waals surface area contributed by atoms with Gasteiger partial charge in [0.15, 0.2) is 0 Å². The monoisotopic (exact) mass is 447 g/mol. The Kier molecular flexibility index (Phi) is 6.36. The third-order valence-corrected chi connectivity index (χ3v) is 7.15. The number of fused-ring (bicyclic) bond motifs is 3. The number of aliphatic carboxylic acids is 1. The first kappa shape index (κ1) is 23.1. The predicted molar refractivity (Wildman–Crippen MR) is 117 cm³/mol. The molecule has 0 radical (unpaired) electrons. The van der Waals surface area contributed by atoms with E-state index in [2.05, 4.69) is 10.6 Å². The normalized spacial score (nSPS) is 23.2. The Morgan fingerprint density at radius 3 is 2.42 bits per heavy atom. The number of thioether (sulfide) groups is 1. The van der Waals surface area contributed by atoms with E-state index in [1.807, 2.05) is 39.8 Å². The van der Waals surface area contributed by atoms with Crippen LogP contribution in [0.5, 0.6) is 0 Å². The van der Waals surface area contributed by atoms with Crippen molar-refractivity contribution in [3.63, 3.8) is 0 Å². The highest BCUT2D eigenvalue weighted by Crippen LogP contribution is 2.56. The number of carbonyl (C=O) groups excluding carboxylic acids is 3. The van der Waals surface area contributed by atoms with Crippen molar-refractivity contribution in [2.45, 2.75) is 69.3 Å². The van der Waals surface area contributed by atoms with Gasteiger partial charge in [-0.05, 0) is 44.7 Å². The summed E-state index contributed by atoms with van der Waals surface area (Å²) in [5.41, 5.74) is 1.49. The summed E-state index contributed by atoms with van der Waals surface area (Å²) < 4.78 is -0.560. The van der Waals surface area contributed by atoms with Crippen LogP contribution in [-0.4, -0.2) is 56.6 Å². The molecule has 1 aromatic rings. The van der Waals surface area contributed by atoms with Crippen LogP contribution in [0, 0.1) is 5.92 Å². The molecular formula is C22H29N3O5S. The van der Waals surface area contributed by atoms with Crippen molar-refractivity contribution in [1.82, 2.24) is 15.5 Å². The fourth-order valence-electron chi connectivity index (χ4n) is 4.15. The number of carboxylic acid groups (broad SMARTS) is 1. The van der Waals surface area contributed by atoms with Crippen molar-refractivity contribution in [1.29, 1.82) is 0 Å². The molecule has 0 aliphatic carbocycles. The molecule has 1 aromatic carbocycles. The molecule has 0 spiro atoms. The van der Waals surface area contributed by atoms with Crippen molar-refractivity contribution < 1.29 is 24.3 Å². The molecule has 168 valence electrons. The summed E-state index contributed by atoms with van der Waals surface area (Å²) in [6.07, 6.45) is 0.288. The smallest absolute Gasteiger partial charge is 0.326 e. The van der Waals surface area contributed by atoms with Crippen molar-refractivity contribution in [2.24, 2.45) is 5.92 Å². The Labute approximate surface area is 186 Å². The van der Waals surface area contributed by atoms with Gasteiger partial charge in [-0.3, -0.25) is 14.4 Å². The molecule has 1 saturated heterocycles. The minimum absolute atomic E-state index is 0.0855. The molecule has 3 rings (SSSR count). The second-order valence-electron chi connectivity index (χ2n) is 9.04. The molecule has 0 saturated carbocycles. The summed E-state index contributed by atoms with van der Waals surface area (Å²) in [6, 6.07) is 4.60. The van der Waals surface area contributed by atoms with Crippen molar-refractivity contribution in [3.8, 4) is 0 Å². The van der Waals surface area contributed by atoms with Gasteiger partial charge in [0.05, 0.1) is 0 Å². The van der Waals surface area contributed by atoms with Crippen molar-refractivity contribution in [3.05, 3.63) is 35.4 Å². The first-order chi connectivity index (χ1) is 14.4. The number of hydrogen-bond acceptors (Lipinski definition) is 5. The van der Waals surface area contributed by atoms with Gasteiger partial charge in [0.25, 0.3) is 5.91 Å². The van der Waals surface area contributed by atoms with Crippen LogP contribution >= 0.6 is 11.8 Å².